The van der Waals surface area contributed by atoms with Crippen LogP contribution in [0.15, 0.2) is 18.2 Å². The summed E-state index contributed by atoms with van der Waals surface area (Å²) in [6, 6.07) is 3.65. The van der Waals surface area contributed by atoms with Crippen molar-refractivity contribution in [2.45, 2.75) is 13.3 Å². The number of pyridine rings is 1. The Morgan fingerprint density at radius 1 is 1.62 bits per heavy atom. The number of carbonyl (C=O) groups is 1. The minimum atomic E-state index is -0.329. The highest BCUT2D eigenvalue weighted by Crippen LogP contribution is 2.36. The molecule has 1 unspecified atom stereocenters. The van der Waals surface area contributed by atoms with Gasteiger partial charge in [0.15, 0.2) is 0 Å². The maximum absolute atomic E-state index is 11.2. The first-order chi connectivity index (χ1) is 7.61. The van der Waals surface area contributed by atoms with Crippen LogP contribution in [-0.4, -0.2) is 18.1 Å². The quantitative estimate of drug-likeness (QED) is 0.428. The molecule has 0 amide bonds. The summed E-state index contributed by atoms with van der Waals surface area (Å²) in [5.74, 6) is -0.0512. The van der Waals surface area contributed by atoms with Gasteiger partial charge in [0.1, 0.15) is 5.15 Å². The fourth-order valence-electron chi connectivity index (χ4n) is 1.96. The first-order valence-corrected chi connectivity index (χ1v) is 5.45. The molecule has 0 aromatic carbocycles. The molecule has 1 aliphatic rings. The van der Waals surface area contributed by atoms with Crippen LogP contribution in [0.25, 0.3) is 5.57 Å². The lowest BCUT2D eigenvalue weighted by molar-refractivity contribution is -0.134. The average molecular weight is 238 g/mol. The number of fused-ring (bicyclic) bond motifs is 1. The van der Waals surface area contributed by atoms with Crippen LogP contribution in [0.4, 0.5) is 0 Å². The molecule has 0 radical (unpaired) electrons. The van der Waals surface area contributed by atoms with Crippen molar-refractivity contribution in [2.75, 3.05) is 7.11 Å². The molecule has 1 aromatic rings. The number of ether oxygens (including phenoxy) is 1. The van der Waals surface area contributed by atoms with E-state index >= 15 is 0 Å². The zero-order valence-corrected chi connectivity index (χ0v) is 9.91. The maximum atomic E-state index is 11.2. The fourth-order valence-corrected chi connectivity index (χ4v) is 2.13. The zero-order chi connectivity index (χ0) is 11.7. The number of carbonyl (C=O) groups excluding carboxylic acids is 1. The van der Waals surface area contributed by atoms with Crippen molar-refractivity contribution < 1.29 is 9.53 Å². The van der Waals surface area contributed by atoms with E-state index in [0.29, 0.717) is 5.15 Å². The smallest absolute Gasteiger partial charge is 0.330 e. The summed E-state index contributed by atoms with van der Waals surface area (Å²) in [5.41, 5.74) is 2.93. The van der Waals surface area contributed by atoms with Gasteiger partial charge in [-0.05, 0) is 35.6 Å². The van der Waals surface area contributed by atoms with Crippen molar-refractivity contribution in [1.82, 2.24) is 4.98 Å². The molecular weight excluding hydrogens is 226 g/mol. The second-order valence-corrected chi connectivity index (χ2v) is 4.24. The Bertz CT molecular complexity index is 468. The molecule has 0 saturated heterocycles. The van der Waals surface area contributed by atoms with Crippen molar-refractivity contribution >= 4 is 23.1 Å². The Morgan fingerprint density at radius 2 is 2.38 bits per heavy atom. The second kappa shape index (κ2) is 4.26. The standard InChI is InChI=1S/C12H12ClNO2/c1-7-5-10-8(3-4-11(13)14-10)9(7)6-12(15)16-2/h3-4,6-7H,5H2,1-2H3/b9-6+. The number of aromatic nitrogens is 1. The minimum Gasteiger partial charge on any atom is -0.466 e. The van der Waals surface area contributed by atoms with Crippen molar-refractivity contribution in [3.63, 3.8) is 0 Å². The van der Waals surface area contributed by atoms with Crippen molar-refractivity contribution in [2.24, 2.45) is 5.92 Å². The van der Waals surface area contributed by atoms with Crippen LogP contribution in [0.3, 0.4) is 0 Å². The lowest BCUT2D eigenvalue weighted by Crippen LogP contribution is -1.99. The van der Waals surface area contributed by atoms with E-state index in [2.05, 4.69) is 16.6 Å². The molecule has 2 rings (SSSR count). The van der Waals surface area contributed by atoms with E-state index < -0.39 is 0 Å². The third kappa shape index (κ3) is 1.95. The van der Waals surface area contributed by atoms with Gasteiger partial charge >= 0.3 is 5.97 Å². The molecule has 1 heterocycles. The van der Waals surface area contributed by atoms with E-state index in [1.54, 1.807) is 6.07 Å². The van der Waals surface area contributed by atoms with Crippen molar-refractivity contribution in [3.8, 4) is 0 Å². The highest BCUT2D eigenvalue weighted by Gasteiger charge is 2.25. The number of methoxy groups -OCH3 is 1. The van der Waals surface area contributed by atoms with Gasteiger partial charge in [-0.25, -0.2) is 9.78 Å². The van der Waals surface area contributed by atoms with Gasteiger partial charge in [0.05, 0.1) is 12.8 Å². The van der Waals surface area contributed by atoms with Gasteiger partial charge in [-0.15, -0.1) is 0 Å². The fraction of sp³-hybridized carbons (Fsp3) is 0.333. The molecule has 0 aliphatic heterocycles. The minimum absolute atomic E-state index is 0.278. The molecule has 3 nitrogen and oxygen atoms in total. The molecule has 1 atom stereocenters. The topological polar surface area (TPSA) is 39.2 Å². The van der Waals surface area contributed by atoms with Gasteiger partial charge in [0, 0.05) is 6.08 Å². The molecule has 0 N–H and O–H groups in total. The molecule has 84 valence electrons. The van der Waals surface area contributed by atoms with Crippen LogP contribution in [0, 0.1) is 5.92 Å². The third-order valence-corrected chi connectivity index (χ3v) is 2.97. The Hall–Kier alpha value is -1.35. The van der Waals surface area contributed by atoms with E-state index in [0.717, 1.165) is 23.3 Å². The van der Waals surface area contributed by atoms with Crippen LogP contribution in [0.1, 0.15) is 18.2 Å². The molecule has 16 heavy (non-hydrogen) atoms. The highest BCUT2D eigenvalue weighted by molar-refractivity contribution is 6.29. The predicted molar refractivity (Wildman–Crippen MR) is 62.1 cm³/mol. The number of halogens is 1. The third-order valence-electron chi connectivity index (χ3n) is 2.76. The monoisotopic (exact) mass is 237 g/mol. The van der Waals surface area contributed by atoms with Gasteiger partial charge in [0.2, 0.25) is 0 Å². The van der Waals surface area contributed by atoms with Gasteiger partial charge in [-0.1, -0.05) is 18.5 Å². The van der Waals surface area contributed by atoms with Crippen molar-refractivity contribution in [3.05, 3.63) is 34.6 Å². The summed E-state index contributed by atoms with van der Waals surface area (Å²) in [5, 5.41) is 0.491. The summed E-state index contributed by atoms with van der Waals surface area (Å²) in [4.78, 5) is 15.5. The summed E-state index contributed by atoms with van der Waals surface area (Å²) in [7, 11) is 1.38. The van der Waals surface area contributed by atoms with E-state index in [1.165, 1.54) is 13.2 Å². The Balaban J connectivity index is 2.44. The van der Waals surface area contributed by atoms with Crippen LogP contribution in [0.5, 0.6) is 0 Å². The summed E-state index contributed by atoms with van der Waals surface area (Å²) in [6.07, 6.45) is 2.35. The number of allylic oxidation sites excluding steroid dienone is 1. The van der Waals surface area contributed by atoms with Gasteiger partial charge < -0.3 is 4.74 Å². The van der Waals surface area contributed by atoms with Crippen LogP contribution in [0.2, 0.25) is 5.15 Å². The molecule has 0 bridgehead atoms. The van der Waals surface area contributed by atoms with E-state index in [9.17, 15) is 4.79 Å². The van der Waals surface area contributed by atoms with Gasteiger partial charge in [0.25, 0.3) is 0 Å². The Labute approximate surface area is 99.1 Å². The number of hydrogen-bond donors (Lipinski definition) is 0. The molecule has 4 heteroatoms. The number of rotatable bonds is 1. The Kier molecular flexibility index (Phi) is 2.97. The summed E-state index contributed by atoms with van der Waals surface area (Å²) in [6.45, 7) is 2.06. The molecule has 0 fully saturated rings. The van der Waals surface area contributed by atoms with Gasteiger partial charge in [-0.3, -0.25) is 0 Å². The van der Waals surface area contributed by atoms with E-state index in [-0.39, 0.29) is 11.9 Å². The largest absolute Gasteiger partial charge is 0.466 e. The number of nitrogens with zero attached hydrogens (tertiary/aromatic N) is 1. The normalized spacial score (nSPS) is 20.9. The average Bonchev–Trinajstić information content (AvgIpc) is 2.54. The van der Waals surface area contributed by atoms with Gasteiger partial charge in [-0.2, -0.15) is 0 Å². The molecule has 1 aliphatic carbocycles. The zero-order valence-electron chi connectivity index (χ0n) is 9.16. The Morgan fingerprint density at radius 3 is 3.06 bits per heavy atom. The lowest BCUT2D eigenvalue weighted by Gasteiger charge is -2.04. The van der Waals surface area contributed by atoms with Crippen LogP contribution in [-0.2, 0) is 16.0 Å². The molecule has 1 aromatic heterocycles. The summed E-state index contributed by atoms with van der Waals surface area (Å²) >= 11 is 5.83. The maximum Gasteiger partial charge on any atom is 0.330 e. The number of esters is 1. The SMILES string of the molecule is COC(=O)/C=C1/c2ccc(Cl)nc2CC1C. The lowest BCUT2D eigenvalue weighted by atomic mass is 10.0. The molecule has 0 spiro atoms. The van der Waals surface area contributed by atoms with Crippen LogP contribution >= 0.6 is 11.6 Å². The first kappa shape index (κ1) is 11.1. The first-order valence-electron chi connectivity index (χ1n) is 5.07. The van der Waals surface area contributed by atoms with E-state index in [1.807, 2.05) is 6.07 Å². The molecular formula is C12H12ClNO2. The van der Waals surface area contributed by atoms with Crippen LogP contribution < -0.4 is 0 Å². The van der Waals surface area contributed by atoms with E-state index in [4.69, 9.17) is 11.6 Å². The number of hydrogen-bond acceptors (Lipinski definition) is 3. The second-order valence-electron chi connectivity index (χ2n) is 3.86. The van der Waals surface area contributed by atoms with Crippen molar-refractivity contribution in [1.29, 1.82) is 0 Å². The molecule has 0 saturated carbocycles. The highest BCUT2D eigenvalue weighted by atomic mass is 35.5. The summed E-state index contributed by atoms with van der Waals surface area (Å²) < 4.78 is 4.64. The predicted octanol–water partition coefficient (Wildman–Crippen LogP) is 2.48.